The molecule has 21 heavy (non-hydrogen) atoms. The molecule has 2 N–H and O–H groups in total. The summed E-state index contributed by atoms with van der Waals surface area (Å²) in [7, 11) is 3.41. The van der Waals surface area contributed by atoms with Crippen LogP contribution in [0.5, 0.6) is 0 Å². The van der Waals surface area contributed by atoms with E-state index in [1.807, 2.05) is 0 Å². The van der Waals surface area contributed by atoms with Gasteiger partial charge >= 0.3 is 5.69 Å². The smallest absolute Gasteiger partial charge is 0.319 e. The number of anilines is 3. The number of aromatic nitrogens is 3. The molecule has 0 aromatic carbocycles. The summed E-state index contributed by atoms with van der Waals surface area (Å²) in [6, 6.07) is 3.44. The van der Waals surface area contributed by atoms with Gasteiger partial charge < -0.3 is 5.32 Å². The predicted molar refractivity (Wildman–Crippen MR) is 81.2 cm³/mol. The summed E-state index contributed by atoms with van der Waals surface area (Å²) < 4.78 is 0.806. The van der Waals surface area contributed by atoms with E-state index >= 15 is 0 Å². The molecule has 0 amide bonds. The molecule has 0 saturated heterocycles. The van der Waals surface area contributed by atoms with Gasteiger partial charge in [0, 0.05) is 24.8 Å². The molecule has 0 saturated carbocycles. The number of nitrogens with one attached hydrogen (secondary N) is 2. The lowest BCUT2D eigenvalue weighted by molar-refractivity contribution is -0.383. The number of nitro groups is 1. The van der Waals surface area contributed by atoms with Crippen LogP contribution in [-0.2, 0) is 0 Å². The van der Waals surface area contributed by atoms with E-state index < -0.39 is 4.92 Å². The minimum atomic E-state index is -0.549. The zero-order valence-corrected chi connectivity index (χ0v) is 12.8. The van der Waals surface area contributed by atoms with Gasteiger partial charge in [-0.3, -0.25) is 15.5 Å². The van der Waals surface area contributed by atoms with Gasteiger partial charge in [0.2, 0.25) is 11.6 Å². The van der Waals surface area contributed by atoms with E-state index in [1.165, 1.54) is 6.33 Å². The van der Waals surface area contributed by atoms with Gasteiger partial charge in [0.1, 0.15) is 12.1 Å². The fraction of sp³-hybridized carbons (Fsp3) is 0.182. The quantitative estimate of drug-likeness (QED) is 0.621. The molecule has 0 aliphatic rings. The Balaban J connectivity index is 2.38. The van der Waals surface area contributed by atoms with Crippen molar-refractivity contribution in [3.05, 3.63) is 39.2 Å². The molecule has 2 aromatic heterocycles. The predicted octanol–water partition coefficient (Wildman–Crippen LogP) is 2.17. The van der Waals surface area contributed by atoms with Crippen molar-refractivity contribution in [2.45, 2.75) is 0 Å². The highest BCUT2D eigenvalue weighted by Gasteiger charge is 2.23. The first-order valence-corrected chi connectivity index (χ1v) is 6.58. The Hall–Kier alpha value is -2.33. The van der Waals surface area contributed by atoms with Crippen LogP contribution >= 0.6 is 15.9 Å². The number of halogens is 1. The van der Waals surface area contributed by atoms with Crippen LogP contribution in [0.3, 0.4) is 0 Å². The number of nitrogens with zero attached hydrogens (tertiary/aromatic N) is 5. The van der Waals surface area contributed by atoms with Crippen molar-refractivity contribution in [3.8, 4) is 0 Å². The normalized spacial score (nSPS) is 10.5. The second-order valence-electron chi connectivity index (χ2n) is 4.17. The van der Waals surface area contributed by atoms with Crippen molar-refractivity contribution in [3.63, 3.8) is 0 Å². The van der Waals surface area contributed by atoms with Crippen LogP contribution in [0.25, 0.3) is 0 Å². The first kappa shape index (κ1) is 15.1. The van der Waals surface area contributed by atoms with Crippen LogP contribution in [0, 0.1) is 10.1 Å². The molecule has 0 fully saturated rings. The van der Waals surface area contributed by atoms with E-state index in [9.17, 15) is 10.1 Å². The van der Waals surface area contributed by atoms with Gasteiger partial charge in [0.15, 0.2) is 0 Å². The topological polar surface area (TPSA) is 109 Å². The number of hydrazine groups is 1. The lowest BCUT2D eigenvalue weighted by Crippen LogP contribution is -2.21. The summed E-state index contributed by atoms with van der Waals surface area (Å²) >= 11 is 3.27. The number of hydrogen-bond acceptors (Lipinski definition) is 8. The SMILES string of the molecule is CN(C)Nc1ncnc(Nc2ccc(Br)cn2)c1[N+](=O)[O-]. The number of rotatable bonds is 5. The molecule has 2 aromatic rings. The van der Waals surface area contributed by atoms with Crippen LogP contribution in [-0.4, -0.2) is 39.0 Å². The Bertz CT molecular complexity index is 648. The van der Waals surface area contributed by atoms with E-state index in [-0.39, 0.29) is 17.3 Å². The lowest BCUT2D eigenvalue weighted by Gasteiger charge is -2.13. The average Bonchev–Trinajstić information content (AvgIpc) is 2.40. The summed E-state index contributed by atoms with van der Waals surface area (Å²) in [6.45, 7) is 0. The molecule has 2 rings (SSSR count). The Labute approximate surface area is 128 Å². The van der Waals surface area contributed by atoms with Gasteiger partial charge in [0.05, 0.1) is 4.92 Å². The van der Waals surface area contributed by atoms with Crippen molar-refractivity contribution < 1.29 is 4.92 Å². The molecule has 0 unspecified atom stereocenters. The maximum atomic E-state index is 11.3. The minimum Gasteiger partial charge on any atom is -0.319 e. The Morgan fingerprint density at radius 2 is 1.95 bits per heavy atom. The van der Waals surface area contributed by atoms with Crippen molar-refractivity contribution in [1.82, 2.24) is 20.0 Å². The van der Waals surface area contributed by atoms with Crippen molar-refractivity contribution in [2.24, 2.45) is 0 Å². The van der Waals surface area contributed by atoms with Gasteiger partial charge in [-0.15, -0.1) is 0 Å². The molecule has 0 aliphatic heterocycles. The number of hydrogen-bond donors (Lipinski definition) is 2. The van der Waals surface area contributed by atoms with E-state index in [4.69, 9.17) is 0 Å². The van der Waals surface area contributed by atoms with Gasteiger partial charge in [-0.05, 0) is 28.1 Å². The van der Waals surface area contributed by atoms with Gasteiger partial charge in [-0.25, -0.2) is 20.0 Å². The molecule has 0 radical (unpaired) electrons. The van der Waals surface area contributed by atoms with Crippen molar-refractivity contribution in [1.29, 1.82) is 0 Å². The summed E-state index contributed by atoms with van der Waals surface area (Å²) in [4.78, 5) is 22.6. The maximum absolute atomic E-state index is 11.3. The zero-order valence-electron chi connectivity index (χ0n) is 11.2. The molecule has 0 spiro atoms. The Morgan fingerprint density at radius 3 is 2.52 bits per heavy atom. The standard InChI is InChI=1S/C11H12BrN7O2/c1-18(2)17-11-9(19(20)21)10(14-6-15-11)16-8-4-3-7(12)5-13-8/h3-6H,1-2H3,(H2,13,14,15,16,17). The summed E-state index contributed by atoms with van der Waals surface area (Å²) in [5, 5.41) is 15.6. The van der Waals surface area contributed by atoms with Crippen molar-refractivity contribution in [2.75, 3.05) is 24.8 Å². The average molecular weight is 354 g/mol. The first-order chi connectivity index (χ1) is 9.97. The zero-order chi connectivity index (χ0) is 15.4. The molecular weight excluding hydrogens is 342 g/mol. The molecule has 0 bridgehead atoms. The third kappa shape index (κ3) is 3.83. The molecule has 0 aliphatic carbocycles. The van der Waals surface area contributed by atoms with E-state index in [1.54, 1.807) is 37.4 Å². The highest BCUT2D eigenvalue weighted by Crippen LogP contribution is 2.30. The summed E-state index contributed by atoms with van der Waals surface area (Å²) in [5.74, 6) is 0.601. The molecule has 9 nitrogen and oxygen atoms in total. The van der Waals surface area contributed by atoms with Crippen LogP contribution in [0.1, 0.15) is 0 Å². The minimum absolute atomic E-state index is 0.0640. The summed E-state index contributed by atoms with van der Waals surface area (Å²) in [6.07, 6.45) is 2.81. The fourth-order valence-electron chi connectivity index (χ4n) is 1.51. The lowest BCUT2D eigenvalue weighted by atomic mass is 10.4. The second-order valence-corrected chi connectivity index (χ2v) is 5.09. The van der Waals surface area contributed by atoms with Gasteiger partial charge in [-0.2, -0.15) is 0 Å². The van der Waals surface area contributed by atoms with Crippen LogP contribution in [0.15, 0.2) is 29.1 Å². The second kappa shape index (κ2) is 6.41. The largest absolute Gasteiger partial charge is 0.354 e. The van der Waals surface area contributed by atoms with Crippen LogP contribution in [0.4, 0.5) is 23.1 Å². The molecule has 110 valence electrons. The Morgan fingerprint density at radius 1 is 1.24 bits per heavy atom. The number of pyridine rings is 1. The molecular formula is C11H12BrN7O2. The van der Waals surface area contributed by atoms with E-state index in [0.717, 1.165) is 4.47 Å². The van der Waals surface area contributed by atoms with Gasteiger partial charge in [0.25, 0.3) is 0 Å². The molecule has 10 heteroatoms. The monoisotopic (exact) mass is 353 g/mol. The summed E-state index contributed by atoms with van der Waals surface area (Å²) in [5.41, 5.74) is 2.51. The van der Waals surface area contributed by atoms with E-state index in [0.29, 0.717) is 5.82 Å². The molecule has 2 heterocycles. The fourth-order valence-corrected chi connectivity index (χ4v) is 1.74. The van der Waals surface area contributed by atoms with Gasteiger partial charge in [-0.1, -0.05) is 0 Å². The highest BCUT2D eigenvalue weighted by atomic mass is 79.9. The third-order valence-corrected chi connectivity index (χ3v) is 2.78. The van der Waals surface area contributed by atoms with Crippen LogP contribution < -0.4 is 10.7 Å². The van der Waals surface area contributed by atoms with E-state index in [2.05, 4.69) is 41.6 Å². The molecule has 0 atom stereocenters. The first-order valence-electron chi connectivity index (χ1n) is 5.79. The highest BCUT2D eigenvalue weighted by molar-refractivity contribution is 9.10. The van der Waals surface area contributed by atoms with Crippen LogP contribution in [0.2, 0.25) is 0 Å². The maximum Gasteiger partial charge on any atom is 0.354 e. The Kier molecular flexibility index (Phi) is 4.60. The van der Waals surface area contributed by atoms with Crippen molar-refractivity contribution >= 4 is 39.1 Å². The third-order valence-electron chi connectivity index (χ3n) is 2.31.